The number of hydrogen-bond donors (Lipinski definition) is 1. The summed E-state index contributed by atoms with van der Waals surface area (Å²) in [6.45, 7) is 1.95. The van der Waals surface area contributed by atoms with Crippen LogP contribution in [0.15, 0.2) is 24.3 Å². The van der Waals surface area contributed by atoms with Crippen LogP contribution in [0, 0.1) is 6.92 Å². The highest BCUT2D eigenvalue weighted by Crippen LogP contribution is 2.51. The standard InChI is InChI=1S/C19H20ClNO4/c1-10-7-11(5-6-13(10)20)12-8-16(22)21-14-9-15(23-2)18(24-3)19(25-4)17(12)14/h5-7,9,12H,8H2,1-4H3,(H,21,22). The highest BCUT2D eigenvalue weighted by Gasteiger charge is 2.33. The summed E-state index contributed by atoms with van der Waals surface area (Å²) in [5, 5.41) is 3.60. The average Bonchev–Trinajstić information content (AvgIpc) is 2.61. The molecule has 0 aromatic heterocycles. The van der Waals surface area contributed by atoms with E-state index in [-0.39, 0.29) is 11.8 Å². The average molecular weight is 362 g/mol. The smallest absolute Gasteiger partial charge is 0.225 e. The van der Waals surface area contributed by atoms with Gasteiger partial charge in [0.05, 0.1) is 27.0 Å². The van der Waals surface area contributed by atoms with Crippen LogP contribution in [0.4, 0.5) is 5.69 Å². The van der Waals surface area contributed by atoms with Crippen molar-refractivity contribution in [2.75, 3.05) is 26.6 Å². The summed E-state index contributed by atoms with van der Waals surface area (Å²) in [5.41, 5.74) is 3.51. The first-order valence-electron chi connectivity index (χ1n) is 7.88. The minimum Gasteiger partial charge on any atom is -0.493 e. The number of anilines is 1. The van der Waals surface area contributed by atoms with Gasteiger partial charge < -0.3 is 19.5 Å². The molecule has 0 radical (unpaired) electrons. The van der Waals surface area contributed by atoms with Crippen LogP contribution in [0.5, 0.6) is 17.2 Å². The first-order chi connectivity index (χ1) is 12.0. The third-order valence-electron chi connectivity index (χ3n) is 4.46. The van der Waals surface area contributed by atoms with Gasteiger partial charge >= 0.3 is 0 Å². The zero-order valence-electron chi connectivity index (χ0n) is 14.6. The van der Waals surface area contributed by atoms with Gasteiger partial charge in [-0.15, -0.1) is 0 Å². The molecule has 0 bridgehead atoms. The van der Waals surface area contributed by atoms with Gasteiger partial charge in [-0.25, -0.2) is 0 Å². The van der Waals surface area contributed by atoms with Gasteiger partial charge in [-0.3, -0.25) is 4.79 Å². The second kappa shape index (κ2) is 6.84. The normalized spacial score (nSPS) is 16.0. The van der Waals surface area contributed by atoms with Crippen LogP contribution in [0.1, 0.15) is 29.0 Å². The number of nitrogens with one attached hydrogen (secondary N) is 1. The number of halogens is 1. The Balaban J connectivity index is 2.25. The first kappa shape index (κ1) is 17.4. The van der Waals surface area contributed by atoms with Crippen molar-refractivity contribution in [3.05, 3.63) is 46.0 Å². The maximum absolute atomic E-state index is 12.3. The summed E-state index contributed by atoms with van der Waals surface area (Å²) in [6.07, 6.45) is 0.319. The highest BCUT2D eigenvalue weighted by molar-refractivity contribution is 6.31. The quantitative estimate of drug-likeness (QED) is 0.888. The van der Waals surface area contributed by atoms with Crippen molar-refractivity contribution in [3.63, 3.8) is 0 Å². The maximum atomic E-state index is 12.3. The van der Waals surface area contributed by atoms with E-state index >= 15 is 0 Å². The number of methoxy groups -OCH3 is 3. The van der Waals surface area contributed by atoms with Crippen LogP contribution >= 0.6 is 11.6 Å². The Bertz CT molecular complexity index is 835. The second-order valence-electron chi connectivity index (χ2n) is 5.92. The lowest BCUT2D eigenvalue weighted by Gasteiger charge is -2.29. The number of fused-ring (bicyclic) bond motifs is 1. The minimum absolute atomic E-state index is 0.0561. The number of hydrogen-bond acceptors (Lipinski definition) is 4. The lowest BCUT2D eigenvalue weighted by atomic mass is 9.83. The van der Waals surface area contributed by atoms with Crippen LogP contribution < -0.4 is 19.5 Å². The predicted molar refractivity (Wildman–Crippen MR) is 97.4 cm³/mol. The van der Waals surface area contributed by atoms with Crippen molar-refractivity contribution in [3.8, 4) is 17.2 Å². The molecule has 25 heavy (non-hydrogen) atoms. The topological polar surface area (TPSA) is 56.8 Å². The summed E-state index contributed by atoms with van der Waals surface area (Å²) in [7, 11) is 4.70. The summed E-state index contributed by atoms with van der Waals surface area (Å²) < 4.78 is 16.5. The molecule has 0 spiro atoms. The van der Waals surface area contributed by atoms with E-state index in [2.05, 4.69) is 5.32 Å². The van der Waals surface area contributed by atoms with E-state index < -0.39 is 0 Å². The number of carbonyl (C=O) groups is 1. The van der Waals surface area contributed by atoms with Crippen LogP contribution in [0.3, 0.4) is 0 Å². The van der Waals surface area contributed by atoms with E-state index in [1.807, 2.05) is 25.1 Å². The zero-order chi connectivity index (χ0) is 18.1. The SMILES string of the molecule is COc1cc2c(c(OC)c1OC)C(c1ccc(Cl)c(C)c1)CC(=O)N2. The molecule has 5 nitrogen and oxygen atoms in total. The Kier molecular flexibility index (Phi) is 4.77. The molecule has 0 aliphatic carbocycles. The lowest BCUT2D eigenvalue weighted by Crippen LogP contribution is -2.24. The van der Waals surface area contributed by atoms with Crippen molar-refractivity contribution in [2.24, 2.45) is 0 Å². The Hall–Kier alpha value is -2.40. The number of benzene rings is 2. The summed E-state index contributed by atoms with van der Waals surface area (Å²) in [5.74, 6) is 1.37. The third kappa shape index (κ3) is 3.00. The number of aryl methyl sites for hydroxylation is 1. The molecule has 0 saturated carbocycles. The molecular weight excluding hydrogens is 342 g/mol. The molecule has 1 aliphatic rings. The van der Waals surface area contributed by atoms with E-state index in [4.69, 9.17) is 25.8 Å². The fraction of sp³-hybridized carbons (Fsp3) is 0.316. The number of amides is 1. The van der Waals surface area contributed by atoms with Crippen molar-refractivity contribution < 1.29 is 19.0 Å². The van der Waals surface area contributed by atoms with Crippen molar-refractivity contribution in [1.29, 1.82) is 0 Å². The minimum atomic E-state index is -0.158. The fourth-order valence-electron chi connectivity index (χ4n) is 3.29. The Labute approximate surface area is 151 Å². The molecule has 1 N–H and O–H groups in total. The second-order valence-corrected chi connectivity index (χ2v) is 6.33. The molecule has 1 unspecified atom stereocenters. The molecule has 1 aliphatic heterocycles. The molecule has 1 amide bonds. The highest BCUT2D eigenvalue weighted by atomic mass is 35.5. The van der Waals surface area contributed by atoms with E-state index in [9.17, 15) is 4.79 Å². The summed E-state index contributed by atoms with van der Waals surface area (Å²) in [4.78, 5) is 12.3. The van der Waals surface area contributed by atoms with Crippen LogP contribution in [-0.2, 0) is 4.79 Å². The zero-order valence-corrected chi connectivity index (χ0v) is 15.4. The molecule has 2 aromatic carbocycles. The van der Waals surface area contributed by atoms with E-state index in [1.165, 1.54) is 0 Å². The summed E-state index contributed by atoms with van der Waals surface area (Å²) in [6, 6.07) is 7.57. The number of ether oxygens (including phenoxy) is 3. The molecule has 132 valence electrons. The van der Waals surface area contributed by atoms with E-state index in [0.717, 1.165) is 16.7 Å². The molecule has 0 fully saturated rings. The lowest BCUT2D eigenvalue weighted by molar-refractivity contribution is -0.116. The number of carbonyl (C=O) groups excluding carboxylic acids is 1. The fourth-order valence-corrected chi connectivity index (χ4v) is 3.40. The van der Waals surface area contributed by atoms with Gasteiger partial charge in [0.25, 0.3) is 0 Å². The van der Waals surface area contributed by atoms with Gasteiger partial charge in [-0.1, -0.05) is 23.7 Å². The first-order valence-corrected chi connectivity index (χ1v) is 8.26. The van der Waals surface area contributed by atoms with E-state index in [0.29, 0.717) is 34.4 Å². The Morgan fingerprint density at radius 1 is 1.08 bits per heavy atom. The van der Waals surface area contributed by atoms with Crippen LogP contribution in [0.2, 0.25) is 5.02 Å². The van der Waals surface area contributed by atoms with Crippen LogP contribution in [-0.4, -0.2) is 27.2 Å². The van der Waals surface area contributed by atoms with Crippen molar-refractivity contribution in [1.82, 2.24) is 0 Å². The van der Waals surface area contributed by atoms with Crippen molar-refractivity contribution >= 4 is 23.2 Å². The molecule has 2 aromatic rings. The molecule has 0 saturated heterocycles. The van der Waals surface area contributed by atoms with Gasteiger partial charge in [0, 0.05) is 29.0 Å². The van der Waals surface area contributed by atoms with Crippen molar-refractivity contribution in [2.45, 2.75) is 19.3 Å². The molecule has 3 rings (SSSR count). The van der Waals surface area contributed by atoms with Gasteiger partial charge in [0.15, 0.2) is 11.5 Å². The molecular formula is C19H20ClNO4. The van der Waals surface area contributed by atoms with Gasteiger partial charge in [0.1, 0.15) is 0 Å². The largest absolute Gasteiger partial charge is 0.493 e. The number of rotatable bonds is 4. The summed E-state index contributed by atoms with van der Waals surface area (Å²) >= 11 is 6.15. The monoisotopic (exact) mass is 361 g/mol. The molecule has 1 heterocycles. The van der Waals surface area contributed by atoms with Gasteiger partial charge in [0.2, 0.25) is 11.7 Å². The van der Waals surface area contributed by atoms with Gasteiger partial charge in [-0.05, 0) is 24.1 Å². The predicted octanol–water partition coefficient (Wildman–Crippen LogP) is 4.15. The molecule has 6 heteroatoms. The Morgan fingerprint density at radius 3 is 2.40 bits per heavy atom. The maximum Gasteiger partial charge on any atom is 0.225 e. The van der Waals surface area contributed by atoms with Crippen LogP contribution in [0.25, 0.3) is 0 Å². The van der Waals surface area contributed by atoms with E-state index in [1.54, 1.807) is 27.4 Å². The molecule has 1 atom stereocenters. The Morgan fingerprint density at radius 2 is 1.80 bits per heavy atom. The third-order valence-corrected chi connectivity index (χ3v) is 4.89. The van der Waals surface area contributed by atoms with Gasteiger partial charge in [-0.2, -0.15) is 0 Å².